The van der Waals surface area contributed by atoms with Gasteiger partial charge in [-0.3, -0.25) is 4.90 Å². The summed E-state index contributed by atoms with van der Waals surface area (Å²) in [6.07, 6.45) is 0.177. The zero-order valence-corrected chi connectivity index (χ0v) is 14.6. The molecule has 0 spiro atoms. The van der Waals surface area contributed by atoms with Gasteiger partial charge in [0.05, 0.1) is 12.2 Å². The normalized spacial score (nSPS) is 11.3. The summed E-state index contributed by atoms with van der Waals surface area (Å²) in [6.45, 7) is 7.58. The van der Waals surface area contributed by atoms with Crippen molar-refractivity contribution in [3.63, 3.8) is 0 Å². The third-order valence-corrected chi connectivity index (χ3v) is 3.19. The molecular formula is C18H27NO4. The molecule has 0 radical (unpaired) electrons. The lowest BCUT2D eigenvalue weighted by Crippen LogP contribution is -2.48. The molecule has 0 aromatic heterocycles. The molecule has 5 nitrogen and oxygen atoms in total. The predicted molar refractivity (Wildman–Crippen MR) is 89.0 cm³/mol. The van der Waals surface area contributed by atoms with Crippen molar-refractivity contribution in [1.82, 2.24) is 4.90 Å². The second-order valence-corrected chi connectivity index (χ2v) is 6.09. The van der Waals surface area contributed by atoms with Gasteiger partial charge < -0.3 is 9.47 Å². The highest BCUT2D eigenvalue weighted by Gasteiger charge is 2.34. The molecule has 5 heteroatoms. The van der Waals surface area contributed by atoms with Crippen molar-refractivity contribution in [3.05, 3.63) is 35.9 Å². The molecule has 0 unspecified atom stereocenters. The van der Waals surface area contributed by atoms with Crippen molar-refractivity contribution in [2.45, 2.75) is 52.4 Å². The van der Waals surface area contributed by atoms with Gasteiger partial charge in [-0.2, -0.15) is 0 Å². The van der Waals surface area contributed by atoms with Crippen LogP contribution in [0.2, 0.25) is 0 Å². The van der Waals surface area contributed by atoms with Crippen LogP contribution >= 0.6 is 0 Å². The van der Waals surface area contributed by atoms with Crippen LogP contribution in [0.25, 0.3) is 0 Å². The maximum absolute atomic E-state index is 12.3. The minimum absolute atomic E-state index is 0.278. The molecule has 0 saturated carbocycles. The van der Waals surface area contributed by atoms with Crippen LogP contribution in [0.3, 0.4) is 0 Å². The second kappa shape index (κ2) is 9.30. The summed E-state index contributed by atoms with van der Waals surface area (Å²) in [5, 5.41) is 0. The summed E-state index contributed by atoms with van der Waals surface area (Å²) < 4.78 is 10.4. The predicted octanol–water partition coefficient (Wildman–Crippen LogP) is 2.43. The van der Waals surface area contributed by atoms with Gasteiger partial charge in [-0.25, -0.2) is 9.59 Å². The third kappa shape index (κ3) is 6.82. The molecule has 23 heavy (non-hydrogen) atoms. The molecule has 0 aliphatic carbocycles. The molecule has 0 aliphatic heterocycles. The van der Waals surface area contributed by atoms with Crippen LogP contribution in [0.5, 0.6) is 0 Å². The van der Waals surface area contributed by atoms with Gasteiger partial charge in [-0.1, -0.05) is 30.3 Å². The molecule has 0 amide bonds. The van der Waals surface area contributed by atoms with Crippen LogP contribution in [0, 0.1) is 0 Å². The third-order valence-electron chi connectivity index (χ3n) is 3.19. The van der Waals surface area contributed by atoms with E-state index in [4.69, 9.17) is 9.47 Å². The molecule has 0 atom stereocenters. The van der Waals surface area contributed by atoms with E-state index in [1.807, 2.05) is 30.3 Å². The number of benzene rings is 1. The summed E-state index contributed by atoms with van der Waals surface area (Å²) in [4.78, 5) is 26.2. The van der Waals surface area contributed by atoms with E-state index in [9.17, 15) is 9.59 Å². The fraction of sp³-hybridized carbons (Fsp3) is 0.556. The van der Waals surface area contributed by atoms with Crippen molar-refractivity contribution in [3.8, 4) is 0 Å². The Morgan fingerprint density at radius 3 is 1.87 bits per heavy atom. The Kier molecular flexibility index (Phi) is 7.75. The van der Waals surface area contributed by atoms with Crippen LogP contribution in [-0.4, -0.2) is 48.7 Å². The summed E-state index contributed by atoms with van der Waals surface area (Å²) in [6, 6.07) is 8.88. The van der Waals surface area contributed by atoms with Gasteiger partial charge in [-0.05, 0) is 46.7 Å². The molecule has 0 saturated heterocycles. The number of nitrogens with zero attached hydrogens (tertiary/aromatic N) is 1. The van der Waals surface area contributed by atoms with Crippen LogP contribution in [0.15, 0.2) is 30.3 Å². The molecular weight excluding hydrogens is 294 g/mol. The average Bonchev–Trinajstić information content (AvgIpc) is 2.44. The Hall–Kier alpha value is -1.88. The first-order chi connectivity index (χ1) is 10.8. The standard InChI is InChI=1S/C18H27NO4/c1-13(2)22-17(20)16(18(21)23-14(3)4)19(5)12-11-15-9-7-6-8-10-15/h6-10,13-14,16H,11-12H2,1-5H3. The van der Waals surface area contributed by atoms with Gasteiger partial charge in [0.25, 0.3) is 0 Å². The monoisotopic (exact) mass is 321 g/mol. The number of esters is 2. The van der Waals surface area contributed by atoms with Crippen LogP contribution in [0.1, 0.15) is 33.3 Å². The molecule has 1 aromatic carbocycles. The summed E-state index contributed by atoms with van der Waals surface area (Å²) in [5.41, 5.74) is 1.15. The summed E-state index contributed by atoms with van der Waals surface area (Å²) in [5.74, 6) is -1.14. The minimum Gasteiger partial charge on any atom is -0.461 e. The lowest BCUT2D eigenvalue weighted by molar-refractivity contribution is -0.167. The highest BCUT2D eigenvalue weighted by Crippen LogP contribution is 2.09. The van der Waals surface area contributed by atoms with E-state index in [0.29, 0.717) is 6.54 Å². The van der Waals surface area contributed by atoms with E-state index in [-0.39, 0.29) is 12.2 Å². The van der Waals surface area contributed by atoms with Crippen molar-refractivity contribution in [2.24, 2.45) is 0 Å². The minimum atomic E-state index is -1.04. The first-order valence-electron chi connectivity index (χ1n) is 7.96. The average molecular weight is 321 g/mol. The van der Waals surface area contributed by atoms with Crippen LogP contribution < -0.4 is 0 Å². The van der Waals surface area contributed by atoms with Gasteiger partial charge in [0.15, 0.2) is 0 Å². The van der Waals surface area contributed by atoms with Crippen molar-refractivity contribution >= 4 is 11.9 Å². The number of likely N-dealkylation sites (N-methyl/N-ethyl adjacent to an activating group) is 1. The summed E-state index contributed by atoms with van der Waals surface area (Å²) in [7, 11) is 1.73. The number of hydrogen-bond donors (Lipinski definition) is 0. The van der Waals surface area contributed by atoms with Gasteiger partial charge in [0, 0.05) is 6.54 Å². The van der Waals surface area contributed by atoms with Gasteiger partial charge in [-0.15, -0.1) is 0 Å². The van der Waals surface area contributed by atoms with Crippen molar-refractivity contribution in [2.75, 3.05) is 13.6 Å². The Bertz CT molecular complexity index is 477. The maximum Gasteiger partial charge on any atom is 0.335 e. The van der Waals surface area contributed by atoms with E-state index in [1.54, 1.807) is 39.6 Å². The van der Waals surface area contributed by atoms with Crippen molar-refractivity contribution < 1.29 is 19.1 Å². The topological polar surface area (TPSA) is 55.8 Å². The molecule has 1 aromatic rings. The summed E-state index contributed by atoms with van der Waals surface area (Å²) >= 11 is 0. The van der Waals surface area contributed by atoms with Crippen molar-refractivity contribution in [1.29, 1.82) is 0 Å². The zero-order valence-electron chi connectivity index (χ0n) is 14.6. The highest BCUT2D eigenvalue weighted by molar-refractivity contribution is 5.99. The molecule has 0 N–H and O–H groups in total. The quantitative estimate of drug-likeness (QED) is 0.544. The molecule has 128 valence electrons. The van der Waals surface area contributed by atoms with Gasteiger partial charge >= 0.3 is 11.9 Å². The maximum atomic E-state index is 12.3. The van der Waals surface area contributed by atoms with E-state index >= 15 is 0 Å². The first kappa shape index (κ1) is 19.2. The SMILES string of the molecule is CC(C)OC(=O)C(C(=O)OC(C)C)N(C)CCc1ccccc1. The Balaban J connectivity index is 2.76. The number of ether oxygens (including phenoxy) is 2. The Labute approximate surface area is 138 Å². The number of carbonyl (C=O) groups excluding carboxylic acids is 2. The number of hydrogen-bond acceptors (Lipinski definition) is 5. The molecule has 0 aliphatic rings. The molecule has 0 heterocycles. The van der Waals surface area contributed by atoms with Crippen LogP contribution in [-0.2, 0) is 25.5 Å². The smallest absolute Gasteiger partial charge is 0.335 e. The molecule has 0 bridgehead atoms. The number of carbonyl (C=O) groups is 2. The number of rotatable bonds is 8. The fourth-order valence-corrected chi connectivity index (χ4v) is 2.13. The highest BCUT2D eigenvalue weighted by atomic mass is 16.6. The molecule has 1 rings (SSSR count). The first-order valence-corrected chi connectivity index (χ1v) is 7.96. The van der Waals surface area contributed by atoms with E-state index < -0.39 is 18.0 Å². The Morgan fingerprint density at radius 1 is 0.957 bits per heavy atom. The second-order valence-electron chi connectivity index (χ2n) is 6.09. The lowest BCUT2D eigenvalue weighted by Gasteiger charge is -2.26. The van der Waals surface area contributed by atoms with Crippen LogP contribution in [0.4, 0.5) is 0 Å². The molecule has 0 fully saturated rings. The van der Waals surface area contributed by atoms with E-state index in [1.165, 1.54) is 0 Å². The van der Waals surface area contributed by atoms with Gasteiger partial charge in [0.1, 0.15) is 0 Å². The fourth-order valence-electron chi connectivity index (χ4n) is 2.13. The van der Waals surface area contributed by atoms with E-state index in [0.717, 1.165) is 12.0 Å². The van der Waals surface area contributed by atoms with E-state index in [2.05, 4.69) is 0 Å². The zero-order chi connectivity index (χ0) is 17.4. The van der Waals surface area contributed by atoms with Gasteiger partial charge in [0.2, 0.25) is 6.04 Å². The lowest BCUT2D eigenvalue weighted by atomic mass is 10.1. The Morgan fingerprint density at radius 2 is 1.43 bits per heavy atom. The largest absolute Gasteiger partial charge is 0.461 e.